The summed E-state index contributed by atoms with van der Waals surface area (Å²) in [6.07, 6.45) is 6.75. The number of nitrogens with one attached hydrogen (secondary N) is 1. The first-order chi connectivity index (χ1) is 10.2. The molecular weight excluding hydrogens is 260 g/mol. The molecule has 1 aliphatic heterocycles. The molecule has 116 valence electrons. The van der Waals surface area contributed by atoms with E-state index in [1.807, 2.05) is 0 Å². The van der Waals surface area contributed by atoms with Gasteiger partial charge in [0.2, 0.25) is 0 Å². The van der Waals surface area contributed by atoms with E-state index in [0.29, 0.717) is 11.6 Å². The fourth-order valence-corrected chi connectivity index (χ4v) is 3.87. The summed E-state index contributed by atoms with van der Waals surface area (Å²) >= 11 is 0. The lowest BCUT2D eigenvalue weighted by atomic mass is 9.79. The van der Waals surface area contributed by atoms with Crippen molar-refractivity contribution in [3.05, 3.63) is 24.3 Å². The minimum atomic E-state index is 0.323. The average Bonchev–Trinajstić information content (AvgIpc) is 2.52. The lowest BCUT2D eigenvalue weighted by Gasteiger charge is -2.50. The van der Waals surface area contributed by atoms with E-state index in [2.05, 4.69) is 48.3 Å². The minimum Gasteiger partial charge on any atom is -0.492 e. The molecule has 3 heteroatoms. The van der Waals surface area contributed by atoms with Gasteiger partial charge in [0.25, 0.3) is 0 Å². The van der Waals surface area contributed by atoms with E-state index < -0.39 is 0 Å². The normalized spacial score (nSPS) is 25.0. The molecule has 0 radical (unpaired) electrons. The number of benzene rings is 1. The Kier molecular flexibility index (Phi) is 4.39. The number of ether oxygens (including phenoxy) is 1. The summed E-state index contributed by atoms with van der Waals surface area (Å²) in [5.74, 6) is 1.03. The molecule has 1 atom stereocenters. The van der Waals surface area contributed by atoms with Crippen LogP contribution in [0.4, 0.5) is 5.69 Å². The monoisotopic (exact) mass is 288 g/mol. The van der Waals surface area contributed by atoms with E-state index in [0.717, 1.165) is 25.4 Å². The van der Waals surface area contributed by atoms with Crippen molar-refractivity contribution < 1.29 is 4.74 Å². The summed E-state index contributed by atoms with van der Waals surface area (Å²) in [6, 6.07) is 9.02. The number of hydrogen-bond acceptors (Lipinski definition) is 3. The minimum absolute atomic E-state index is 0.323. The van der Waals surface area contributed by atoms with Gasteiger partial charge < -0.3 is 15.0 Å². The summed E-state index contributed by atoms with van der Waals surface area (Å²) < 4.78 is 5.85. The topological polar surface area (TPSA) is 24.5 Å². The zero-order chi connectivity index (χ0) is 14.7. The van der Waals surface area contributed by atoms with Crippen molar-refractivity contribution in [3.63, 3.8) is 0 Å². The molecule has 1 N–H and O–H groups in total. The van der Waals surface area contributed by atoms with Gasteiger partial charge in [-0.3, -0.25) is 0 Å². The molecule has 1 saturated heterocycles. The second kappa shape index (κ2) is 6.27. The third-order valence-electron chi connectivity index (χ3n) is 5.06. The van der Waals surface area contributed by atoms with Crippen LogP contribution in [-0.4, -0.2) is 31.3 Å². The van der Waals surface area contributed by atoms with Crippen molar-refractivity contribution in [1.29, 1.82) is 0 Å². The number of anilines is 1. The number of hydrogen-bond donors (Lipinski definition) is 1. The summed E-state index contributed by atoms with van der Waals surface area (Å²) in [6.45, 7) is 7.27. The van der Waals surface area contributed by atoms with Crippen LogP contribution in [0.3, 0.4) is 0 Å². The van der Waals surface area contributed by atoms with Crippen LogP contribution in [0.15, 0.2) is 24.3 Å². The number of nitrogens with zero attached hydrogens (tertiary/aromatic N) is 1. The highest BCUT2D eigenvalue weighted by Crippen LogP contribution is 2.37. The van der Waals surface area contributed by atoms with E-state index in [-0.39, 0.29) is 0 Å². The highest BCUT2D eigenvalue weighted by Gasteiger charge is 2.39. The fraction of sp³-hybridized carbons (Fsp3) is 0.667. The van der Waals surface area contributed by atoms with Gasteiger partial charge in [0.05, 0.1) is 12.3 Å². The van der Waals surface area contributed by atoms with Crippen LogP contribution < -0.4 is 15.0 Å². The Bertz CT molecular complexity index is 468. The van der Waals surface area contributed by atoms with Crippen molar-refractivity contribution in [2.45, 2.75) is 57.5 Å². The molecular formula is C18H28N2O. The van der Waals surface area contributed by atoms with Crippen LogP contribution in [0.1, 0.15) is 46.0 Å². The second-order valence-electron chi connectivity index (χ2n) is 6.60. The van der Waals surface area contributed by atoms with Crippen LogP contribution >= 0.6 is 0 Å². The zero-order valence-electron chi connectivity index (χ0n) is 13.4. The third-order valence-corrected chi connectivity index (χ3v) is 5.06. The SMILES string of the molecule is CCOc1ccccc1N1CC2(CCCCC2)NCC1C. The molecule has 2 fully saturated rings. The van der Waals surface area contributed by atoms with Crippen molar-refractivity contribution in [2.24, 2.45) is 0 Å². The van der Waals surface area contributed by atoms with Gasteiger partial charge in [-0.25, -0.2) is 0 Å². The smallest absolute Gasteiger partial charge is 0.142 e. The van der Waals surface area contributed by atoms with Gasteiger partial charge in [-0.05, 0) is 38.8 Å². The van der Waals surface area contributed by atoms with Gasteiger partial charge in [-0.1, -0.05) is 31.4 Å². The first-order valence-corrected chi connectivity index (χ1v) is 8.48. The molecule has 0 amide bonds. The molecule has 1 aromatic rings. The van der Waals surface area contributed by atoms with E-state index in [4.69, 9.17) is 4.74 Å². The molecule has 21 heavy (non-hydrogen) atoms. The van der Waals surface area contributed by atoms with Crippen molar-refractivity contribution in [3.8, 4) is 5.75 Å². The van der Waals surface area contributed by atoms with E-state index in [1.54, 1.807) is 0 Å². The van der Waals surface area contributed by atoms with Crippen LogP contribution in [0.5, 0.6) is 5.75 Å². The Morgan fingerprint density at radius 1 is 1.24 bits per heavy atom. The summed E-state index contributed by atoms with van der Waals surface area (Å²) in [7, 11) is 0. The third kappa shape index (κ3) is 3.03. The average molecular weight is 288 g/mol. The zero-order valence-corrected chi connectivity index (χ0v) is 13.4. The van der Waals surface area contributed by atoms with Gasteiger partial charge >= 0.3 is 0 Å². The van der Waals surface area contributed by atoms with Crippen LogP contribution in [0.25, 0.3) is 0 Å². The van der Waals surface area contributed by atoms with Gasteiger partial charge in [-0.15, -0.1) is 0 Å². The van der Waals surface area contributed by atoms with Crippen molar-refractivity contribution >= 4 is 5.69 Å². The Hall–Kier alpha value is -1.22. The van der Waals surface area contributed by atoms with Crippen LogP contribution in [-0.2, 0) is 0 Å². The predicted octanol–water partition coefficient (Wildman–Crippen LogP) is 3.59. The van der Waals surface area contributed by atoms with Gasteiger partial charge in [0.1, 0.15) is 5.75 Å². The molecule has 0 bridgehead atoms. The van der Waals surface area contributed by atoms with E-state index in [9.17, 15) is 0 Å². The molecule has 1 unspecified atom stereocenters. The Morgan fingerprint density at radius 2 is 2.00 bits per heavy atom. The standard InChI is InChI=1S/C18H28N2O/c1-3-21-17-10-6-5-9-16(17)20-14-18(19-13-15(20)2)11-7-4-8-12-18/h5-6,9-10,15,19H,3-4,7-8,11-14H2,1-2H3. The highest BCUT2D eigenvalue weighted by molar-refractivity contribution is 5.60. The fourth-order valence-electron chi connectivity index (χ4n) is 3.87. The predicted molar refractivity (Wildman–Crippen MR) is 88.2 cm³/mol. The maximum Gasteiger partial charge on any atom is 0.142 e. The second-order valence-corrected chi connectivity index (χ2v) is 6.60. The van der Waals surface area contributed by atoms with Crippen LogP contribution in [0.2, 0.25) is 0 Å². The largest absolute Gasteiger partial charge is 0.492 e. The number of piperazine rings is 1. The first kappa shape index (κ1) is 14.7. The van der Waals surface area contributed by atoms with Crippen LogP contribution in [0, 0.1) is 0 Å². The lowest BCUT2D eigenvalue weighted by Crippen LogP contribution is -2.64. The molecule has 3 rings (SSSR count). The van der Waals surface area contributed by atoms with Gasteiger partial charge in [0, 0.05) is 24.7 Å². The molecule has 1 aliphatic carbocycles. The molecule has 1 spiro atoms. The van der Waals surface area contributed by atoms with E-state index >= 15 is 0 Å². The maximum atomic E-state index is 5.85. The lowest BCUT2D eigenvalue weighted by molar-refractivity contribution is 0.200. The quantitative estimate of drug-likeness (QED) is 0.920. The number of rotatable bonds is 3. The highest BCUT2D eigenvalue weighted by atomic mass is 16.5. The van der Waals surface area contributed by atoms with Gasteiger partial charge in [-0.2, -0.15) is 0 Å². The Labute approximate surface area is 128 Å². The summed E-state index contributed by atoms with van der Waals surface area (Å²) in [5.41, 5.74) is 1.59. The van der Waals surface area contributed by atoms with E-state index in [1.165, 1.54) is 37.8 Å². The molecule has 0 aromatic heterocycles. The Morgan fingerprint density at radius 3 is 2.76 bits per heavy atom. The molecule has 1 saturated carbocycles. The Balaban J connectivity index is 1.85. The number of para-hydroxylation sites is 2. The summed E-state index contributed by atoms with van der Waals surface area (Å²) in [4.78, 5) is 2.56. The van der Waals surface area contributed by atoms with Gasteiger partial charge in [0.15, 0.2) is 0 Å². The molecule has 3 nitrogen and oxygen atoms in total. The maximum absolute atomic E-state index is 5.85. The first-order valence-electron chi connectivity index (χ1n) is 8.48. The molecule has 1 heterocycles. The molecule has 1 aromatic carbocycles. The summed E-state index contributed by atoms with van der Waals surface area (Å²) in [5, 5.41) is 3.85. The molecule has 2 aliphatic rings. The van der Waals surface area contributed by atoms with Crippen molar-refractivity contribution in [2.75, 3.05) is 24.6 Å². The van der Waals surface area contributed by atoms with Crippen molar-refractivity contribution in [1.82, 2.24) is 5.32 Å².